The predicted octanol–water partition coefficient (Wildman–Crippen LogP) is -5.21. The zero-order chi connectivity index (χ0) is 38.3. The maximum atomic E-state index is 12.3. The number of hydrogen-bond acceptors (Lipinski definition) is 12. The van der Waals surface area contributed by atoms with Gasteiger partial charge in [-0.25, -0.2) is 0 Å². The van der Waals surface area contributed by atoms with Crippen molar-refractivity contribution in [3.63, 3.8) is 0 Å². The molecule has 24 N–H and O–H groups in total. The van der Waals surface area contributed by atoms with Crippen molar-refractivity contribution < 1.29 is 115 Å². The second kappa shape index (κ2) is 15.3. The zero-order valence-corrected chi connectivity index (χ0v) is 29.8. The molecular formula is C10H36N4O24P8. The number of nitrogens with two attached hydrogens (primary N) is 4. The Bertz CT molecular complexity index is 1320. The topological polar surface area (TPSA) is 564 Å². The largest absolute Gasteiger partial charge is 0.342 e. The molecule has 0 bridgehead atoms. The van der Waals surface area contributed by atoms with Crippen LogP contribution in [0.4, 0.5) is 0 Å². The van der Waals surface area contributed by atoms with Crippen molar-refractivity contribution in [1.29, 1.82) is 0 Å². The second-order valence-corrected chi connectivity index (χ2v) is 25.1. The van der Waals surface area contributed by atoms with Crippen LogP contribution >= 0.6 is 60.8 Å². The molecule has 0 aliphatic carbocycles. The first-order valence-corrected chi connectivity index (χ1v) is 24.4. The molecule has 36 heteroatoms. The van der Waals surface area contributed by atoms with Crippen LogP contribution in [-0.4, -0.2) is 124 Å². The minimum absolute atomic E-state index is 0.162. The van der Waals surface area contributed by atoms with E-state index in [0.717, 1.165) is 0 Å². The highest BCUT2D eigenvalue weighted by atomic mass is 31.3. The van der Waals surface area contributed by atoms with Crippen LogP contribution in [0.5, 0.6) is 0 Å². The number of hydrogen-bond donors (Lipinski definition) is 20. The van der Waals surface area contributed by atoms with E-state index in [1.54, 1.807) is 0 Å². The molecule has 0 amide bonds. The van der Waals surface area contributed by atoms with Gasteiger partial charge >= 0.3 is 60.8 Å². The van der Waals surface area contributed by atoms with Gasteiger partial charge in [-0.3, -0.25) is 36.5 Å². The van der Waals surface area contributed by atoms with Crippen LogP contribution in [0, 0.1) is 0 Å². The smallest absolute Gasteiger partial charge is 0.329 e. The van der Waals surface area contributed by atoms with Gasteiger partial charge in [-0.1, -0.05) is 0 Å². The van der Waals surface area contributed by atoms with Crippen LogP contribution in [0.1, 0.15) is 13.3 Å². The minimum atomic E-state index is -7.13. The van der Waals surface area contributed by atoms with Gasteiger partial charge in [0.15, 0.2) is 21.6 Å². The van der Waals surface area contributed by atoms with Crippen molar-refractivity contribution in [2.75, 3.05) is 6.54 Å². The summed E-state index contributed by atoms with van der Waals surface area (Å²) in [4.78, 5) is 154. The van der Waals surface area contributed by atoms with E-state index in [2.05, 4.69) is 0 Å². The fraction of sp³-hybridized carbons (Fsp3) is 1.00. The Morgan fingerprint density at radius 1 is 0.478 bits per heavy atom. The van der Waals surface area contributed by atoms with Gasteiger partial charge in [-0.05, 0) is 13.3 Å². The van der Waals surface area contributed by atoms with Crippen molar-refractivity contribution >= 4 is 60.8 Å². The zero-order valence-electron chi connectivity index (χ0n) is 22.6. The molecule has 0 radical (unpaired) electrons. The molecule has 0 rings (SSSR count). The molecule has 0 aromatic carbocycles. The highest BCUT2D eigenvalue weighted by Gasteiger charge is 2.79. The van der Waals surface area contributed by atoms with Gasteiger partial charge in [0.05, 0.1) is 11.1 Å². The van der Waals surface area contributed by atoms with E-state index >= 15 is 0 Å². The molecule has 0 heterocycles. The van der Waals surface area contributed by atoms with Crippen molar-refractivity contribution in [3.8, 4) is 0 Å². The molecule has 0 aromatic heterocycles. The fourth-order valence-corrected chi connectivity index (χ4v) is 17.6. The van der Waals surface area contributed by atoms with E-state index in [4.69, 9.17) is 22.9 Å². The van der Waals surface area contributed by atoms with Gasteiger partial charge in [-0.2, -0.15) is 0 Å². The van der Waals surface area contributed by atoms with Gasteiger partial charge in [-0.15, -0.1) is 0 Å². The molecule has 0 aliphatic rings. The summed E-state index contributed by atoms with van der Waals surface area (Å²) in [5.41, 5.74) is 10.6. The van der Waals surface area contributed by atoms with Crippen LogP contribution in [-0.2, 0) is 36.5 Å². The SMILES string of the molecule is CC(N)CN.NC(CC(P(=O)(O)O)P(=O)(O)O)(C(P(=O)(O)O)P(=O)(O)O)C(N)(C(P(=O)(O)O)P(=O)(O)O)C(P(=O)(O)O)P(=O)(O)O. The monoisotopic (exact) mass is 844 g/mol. The van der Waals surface area contributed by atoms with E-state index < -0.39 is 99.9 Å². The van der Waals surface area contributed by atoms with Gasteiger partial charge < -0.3 is 101 Å². The molecule has 0 spiro atoms. The molecule has 0 aromatic rings. The van der Waals surface area contributed by atoms with E-state index in [-0.39, 0.29) is 6.04 Å². The Morgan fingerprint density at radius 3 is 0.804 bits per heavy atom. The summed E-state index contributed by atoms with van der Waals surface area (Å²) in [6.07, 6.45) is -2.99. The third-order valence-electron chi connectivity index (χ3n) is 5.70. The molecule has 0 saturated carbocycles. The summed E-state index contributed by atoms with van der Waals surface area (Å²) in [7, 11) is -55.8. The van der Waals surface area contributed by atoms with E-state index in [1.807, 2.05) is 6.92 Å². The first kappa shape index (κ1) is 49.2. The summed E-state index contributed by atoms with van der Waals surface area (Å²) >= 11 is 0. The molecule has 0 fully saturated rings. The Kier molecular flexibility index (Phi) is 16.4. The Morgan fingerprint density at radius 2 is 0.674 bits per heavy atom. The summed E-state index contributed by atoms with van der Waals surface area (Å²) in [5.74, 6) is 0. The lowest BCUT2D eigenvalue weighted by Gasteiger charge is -2.56. The molecule has 0 saturated heterocycles. The predicted molar refractivity (Wildman–Crippen MR) is 153 cm³/mol. The molecule has 28 nitrogen and oxygen atoms in total. The summed E-state index contributed by atoms with van der Waals surface area (Å²) in [6.45, 7) is 2.46. The fourth-order valence-electron chi connectivity index (χ4n) is 4.16. The highest BCUT2D eigenvalue weighted by molar-refractivity contribution is 7.74. The molecule has 2 atom stereocenters. The van der Waals surface area contributed by atoms with Crippen LogP contribution < -0.4 is 22.9 Å². The van der Waals surface area contributed by atoms with Gasteiger partial charge in [0.1, 0.15) is 0 Å². The van der Waals surface area contributed by atoms with Crippen LogP contribution in [0.2, 0.25) is 0 Å². The van der Waals surface area contributed by atoms with Crippen molar-refractivity contribution in [3.05, 3.63) is 0 Å². The van der Waals surface area contributed by atoms with E-state index in [9.17, 15) is 115 Å². The molecule has 2 unspecified atom stereocenters. The standard InChI is InChI=1S/C7H26N2O24P8.C3H10N2/c8-6(3(36(16,17)18)37(19,20)21,1-2(34(10,11)12)35(13,14)15)7(9,4(38(22,23)24)39(25,26)27)5(40(28,29)30)41(31,32)33;1-3(5)2-4/h2-5H,1,8-9H2,(H2,10,11,12)(H2,13,14,15)(H2,16,17,18)(H2,19,20,21)(H2,22,23,24)(H2,25,26,27)(H2,28,29,30)(H2,31,32,33);3H,2,4-5H2,1H3. The maximum Gasteiger partial charge on any atom is 0.342 e. The van der Waals surface area contributed by atoms with Crippen LogP contribution in [0.3, 0.4) is 0 Å². The van der Waals surface area contributed by atoms with E-state index in [0.29, 0.717) is 6.54 Å². The van der Waals surface area contributed by atoms with Crippen LogP contribution in [0.25, 0.3) is 0 Å². The first-order chi connectivity index (χ1) is 19.5. The average molecular weight is 844 g/mol. The Balaban J connectivity index is 0. The third-order valence-corrected chi connectivity index (χ3v) is 21.3. The summed E-state index contributed by atoms with van der Waals surface area (Å²) in [6, 6.07) is 0.162. The van der Waals surface area contributed by atoms with Gasteiger partial charge in [0.2, 0.25) is 0 Å². The molecule has 0 aliphatic heterocycles. The van der Waals surface area contributed by atoms with Gasteiger partial charge in [0, 0.05) is 12.6 Å². The highest BCUT2D eigenvalue weighted by Crippen LogP contribution is 2.78. The maximum absolute atomic E-state index is 12.3. The van der Waals surface area contributed by atoms with Crippen molar-refractivity contribution in [2.24, 2.45) is 22.9 Å². The second-order valence-electron chi connectivity index (χ2n) is 9.70. The average Bonchev–Trinajstić information content (AvgIpc) is 2.63. The third kappa shape index (κ3) is 12.7. The Hall–Kier alpha value is 1.04. The quantitative estimate of drug-likeness (QED) is 0.0685. The minimum Gasteiger partial charge on any atom is -0.329 e. The van der Waals surface area contributed by atoms with Crippen molar-refractivity contribution in [2.45, 2.75) is 52.1 Å². The van der Waals surface area contributed by atoms with Crippen molar-refractivity contribution in [1.82, 2.24) is 0 Å². The summed E-state index contributed by atoms with van der Waals surface area (Å²) in [5, 5.41) is -17.9. The first-order valence-electron chi connectivity index (χ1n) is 10.9. The normalized spacial score (nSPS) is 17.2. The van der Waals surface area contributed by atoms with Crippen LogP contribution in [0.15, 0.2) is 0 Å². The lowest BCUT2D eigenvalue weighted by atomic mass is 9.79. The molecule has 46 heavy (non-hydrogen) atoms. The summed E-state index contributed by atoms with van der Waals surface area (Å²) < 4.78 is 97.7. The van der Waals surface area contributed by atoms with E-state index in [1.165, 1.54) is 0 Å². The lowest BCUT2D eigenvalue weighted by molar-refractivity contribution is 0.166. The van der Waals surface area contributed by atoms with Gasteiger partial charge in [0.25, 0.3) is 0 Å². The Labute approximate surface area is 257 Å². The number of rotatable bonds is 15. The lowest BCUT2D eigenvalue weighted by Crippen LogP contribution is -2.79. The molecular weight excluding hydrogens is 808 g/mol. The molecule has 280 valence electrons.